The summed E-state index contributed by atoms with van der Waals surface area (Å²) in [5, 5.41) is 10.8. The van der Waals surface area contributed by atoms with E-state index in [0.29, 0.717) is 6.54 Å². The first-order chi connectivity index (χ1) is 6.77. The quantitative estimate of drug-likeness (QED) is 0.637. The van der Waals surface area contributed by atoms with Crippen LogP contribution in [-0.2, 0) is 16.1 Å². The zero-order chi connectivity index (χ0) is 10.0. The monoisotopic (exact) mass is 196 g/mol. The fourth-order valence-corrected chi connectivity index (χ4v) is 1.81. The number of aromatic nitrogens is 4. The molecule has 6 heteroatoms. The van der Waals surface area contributed by atoms with Gasteiger partial charge in [0.25, 0.3) is 0 Å². The Morgan fingerprint density at radius 3 is 2.86 bits per heavy atom. The summed E-state index contributed by atoms with van der Waals surface area (Å²) in [4.78, 5) is 11.5. The van der Waals surface area contributed by atoms with Crippen molar-refractivity contribution in [2.24, 2.45) is 5.41 Å². The molecule has 76 valence electrons. The van der Waals surface area contributed by atoms with Crippen LogP contribution in [-0.4, -0.2) is 33.3 Å². The first-order valence-corrected chi connectivity index (χ1v) is 4.56. The predicted molar refractivity (Wildman–Crippen MR) is 46.1 cm³/mol. The van der Waals surface area contributed by atoms with Gasteiger partial charge >= 0.3 is 5.97 Å². The van der Waals surface area contributed by atoms with Crippen molar-refractivity contribution >= 4 is 5.97 Å². The molecule has 0 aromatic carbocycles. The van der Waals surface area contributed by atoms with Crippen LogP contribution in [0, 0.1) is 5.41 Å². The number of rotatable bonds is 3. The number of nitrogens with zero attached hydrogens (tertiary/aromatic N) is 4. The normalized spacial score (nSPS) is 18.6. The molecule has 1 heterocycles. The van der Waals surface area contributed by atoms with Crippen molar-refractivity contribution in [3.8, 4) is 0 Å². The van der Waals surface area contributed by atoms with Crippen LogP contribution in [0.5, 0.6) is 0 Å². The Kier molecular flexibility index (Phi) is 2.18. The molecule has 14 heavy (non-hydrogen) atoms. The Bertz CT molecular complexity index is 318. The zero-order valence-corrected chi connectivity index (χ0v) is 8.01. The van der Waals surface area contributed by atoms with Crippen LogP contribution < -0.4 is 0 Å². The molecule has 1 aliphatic carbocycles. The van der Waals surface area contributed by atoms with Gasteiger partial charge in [-0.3, -0.25) is 4.79 Å². The predicted octanol–water partition coefficient (Wildman–Crippen LogP) is 0.0164. The van der Waals surface area contributed by atoms with E-state index in [4.69, 9.17) is 4.74 Å². The molecule has 2 rings (SSSR count). The Morgan fingerprint density at radius 2 is 2.43 bits per heavy atom. The molecular weight excluding hydrogens is 184 g/mol. The van der Waals surface area contributed by atoms with E-state index in [1.165, 1.54) is 13.4 Å². The smallest absolute Gasteiger partial charge is 0.313 e. The number of esters is 1. The third-order valence-corrected chi connectivity index (χ3v) is 2.79. The second-order valence-corrected chi connectivity index (χ2v) is 3.63. The molecule has 6 nitrogen and oxygen atoms in total. The molecule has 1 fully saturated rings. The maximum absolute atomic E-state index is 11.5. The fraction of sp³-hybridized carbons (Fsp3) is 0.750. The maximum atomic E-state index is 11.5. The average molecular weight is 196 g/mol. The van der Waals surface area contributed by atoms with E-state index in [0.717, 1.165) is 19.3 Å². The van der Waals surface area contributed by atoms with Crippen molar-refractivity contribution in [3.05, 3.63) is 6.33 Å². The topological polar surface area (TPSA) is 69.9 Å². The second kappa shape index (κ2) is 3.36. The Hall–Kier alpha value is -1.46. The number of ether oxygens (including phenoxy) is 1. The molecule has 1 aliphatic rings. The highest BCUT2D eigenvalue weighted by Gasteiger charge is 2.45. The van der Waals surface area contributed by atoms with Gasteiger partial charge < -0.3 is 4.74 Å². The van der Waals surface area contributed by atoms with Gasteiger partial charge in [-0.05, 0) is 23.3 Å². The standard InChI is InChI=1S/C8H12N4O2/c1-14-7(13)8(3-2-4-8)5-12-6-9-10-11-12/h6H,2-5H2,1H3. The highest BCUT2D eigenvalue weighted by molar-refractivity contribution is 5.77. The Labute approximate surface area is 81.2 Å². The fourth-order valence-electron chi connectivity index (χ4n) is 1.81. The molecule has 0 saturated heterocycles. The SMILES string of the molecule is COC(=O)C1(Cn2cnnn2)CCC1. The highest BCUT2D eigenvalue weighted by atomic mass is 16.5. The second-order valence-electron chi connectivity index (χ2n) is 3.63. The molecule has 1 aromatic heterocycles. The van der Waals surface area contributed by atoms with Gasteiger partial charge in [0.05, 0.1) is 19.1 Å². The summed E-state index contributed by atoms with van der Waals surface area (Å²) < 4.78 is 6.36. The molecule has 0 N–H and O–H groups in total. The largest absolute Gasteiger partial charge is 0.469 e. The number of methoxy groups -OCH3 is 1. The summed E-state index contributed by atoms with van der Waals surface area (Å²) >= 11 is 0. The van der Waals surface area contributed by atoms with E-state index in [1.54, 1.807) is 4.68 Å². The zero-order valence-electron chi connectivity index (χ0n) is 8.01. The lowest BCUT2D eigenvalue weighted by Gasteiger charge is -2.38. The molecule has 0 atom stereocenters. The van der Waals surface area contributed by atoms with Gasteiger partial charge in [-0.15, -0.1) is 5.10 Å². The van der Waals surface area contributed by atoms with Crippen LogP contribution in [0.25, 0.3) is 0 Å². The molecule has 1 saturated carbocycles. The molecule has 0 spiro atoms. The van der Waals surface area contributed by atoms with E-state index < -0.39 is 0 Å². The van der Waals surface area contributed by atoms with E-state index in [9.17, 15) is 4.79 Å². The summed E-state index contributed by atoms with van der Waals surface area (Å²) in [7, 11) is 1.42. The summed E-state index contributed by atoms with van der Waals surface area (Å²) in [6, 6.07) is 0. The third kappa shape index (κ3) is 1.36. The van der Waals surface area contributed by atoms with Crippen molar-refractivity contribution in [1.82, 2.24) is 20.2 Å². The lowest BCUT2D eigenvalue weighted by Crippen LogP contribution is -2.42. The van der Waals surface area contributed by atoms with Crippen LogP contribution in [0.4, 0.5) is 0 Å². The van der Waals surface area contributed by atoms with Gasteiger partial charge in [0.2, 0.25) is 0 Å². The van der Waals surface area contributed by atoms with Gasteiger partial charge in [0.15, 0.2) is 0 Å². The first-order valence-electron chi connectivity index (χ1n) is 4.56. The number of carbonyl (C=O) groups is 1. The first kappa shape index (κ1) is 9.11. The van der Waals surface area contributed by atoms with E-state index in [2.05, 4.69) is 15.5 Å². The molecule has 0 radical (unpaired) electrons. The average Bonchev–Trinajstić information content (AvgIpc) is 2.62. The van der Waals surface area contributed by atoms with E-state index in [1.807, 2.05) is 0 Å². The minimum absolute atomic E-state index is 0.153. The van der Waals surface area contributed by atoms with Crippen molar-refractivity contribution in [2.75, 3.05) is 7.11 Å². The van der Waals surface area contributed by atoms with Crippen molar-refractivity contribution in [2.45, 2.75) is 25.8 Å². The summed E-state index contributed by atoms with van der Waals surface area (Å²) in [5.41, 5.74) is -0.385. The molecule has 0 unspecified atom stereocenters. The summed E-state index contributed by atoms with van der Waals surface area (Å²) in [6.45, 7) is 0.521. The number of carbonyl (C=O) groups excluding carboxylic acids is 1. The van der Waals surface area contributed by atoms with Gasteiger partial charge in [-0.25, -0.2) is 4.68 Å². The molecular formula is C8H12N4O2. The summed E-state index contributed by atoms with van der Waals surface area (Å²) in [6.07, 6.45) is 4.30. The van der Waals surface area contributed by atoms with Gasteiger partial charge in [0, 0.05) is 0 Å². The van der Waals surface area contributed by atoms with E-state index in [-0.39, 0.29) is 11.4 Å². The van der Waals surface area contributed by atoms with Crippen molar-refractivity contribution in [3.63, 3.8) is 0 Å². The third-order valence-electron chi connectivity index (χ3n) is 2.79. The summed E-state index contributed by atoms with van der Waals surface area (Å²) in [5.74, 6) is -0.153. The minimum atomic E-state index is -0.385. The lowest BCUT2D eigenvalue weighted by atomic mass is 9.69. The molecule has 1 aromatic rings. The van der Waals surface area contributed by atoms with Crippen molar-refractivity contribution in [1.29, 1.82) is 0 Å². The van der Waals surface area contributed by atoms with Crippen molar-refractivity contribution < 1.29 is 9.53 Å². The molecule has 0 aliphatic heterocycles. The molecule has 0 bridgehead atoms. The van der Waals surface area contributed by atoms with Gasteiger partial charge in [0.1, 0.15) is 6.33 Å². The molecule has 0 amide bonds. The van der Waals surface area contributed by atoms with Gasteiger partial charge in [-0.1, -0.05) is 6.42 Å². The Balaban J connectivity index is 2.10. The van der Waals surface area contributed by atoms with Crippen LogP contribution in [0.2, 0.25) is 0 Å². The Morgan fingerprint density at radius 1 is 1.64 bits per heavy atom. The number of tetrazole rings is 1. The minimum Gasteiger partial charge on any atom is -0.469 e. The maximum Gasteiger partial charge on any atom is 0.313 e. The number of hydrogen-bond acceptors (Lipinski definition) is 5. The number of hydrogen-bond donors (Lipinski definition) is 0. The van der Waals surface area contributed by atoms with Crippen LogP contribution >= 0.6 is 0 Å². The lowest BCUT2D eigenvalue weighted by molar-refractivity contribution is -0.160. The van der Waals surface area contributed by atoms with Crippen LogP contribution in [0.15, 0.2) is 6.33 Å². The van der Waals surface area contributed by atoms with Gasteiger partial charge in [-0.2, -0.15) is 0 Å². The highest BCUT2D eigenvalue weighted by Crippen LogP contribution is 2.43. The van der Waals surface area contributed by atoms with Crippen LogP contribution in [0.1, 0.15) is 19.3 Å². The van der Waals surface area contributed by atoms with Crippen LogP contribution in [0.3, 0.4) is 0 Å². The van der Waals surface area contributed by atoms with E-state index >= 15 is 0 Å².